The highest BCUT2D eigenvalue weighted by Gasteiger charge is 2.41. The van der Waals surface area contributed by atoms with E-state index in [1.54, 1.807) is 0 Å². The first-order valence-electron chi connectivity index (χ1n) is 7.47. The summed E-state index contributed by atoms with van der Waals surface area (Å²) < 4.78 is 5.25. The van der Waals surface area contributed by atoms with Gasteiger partial charge in [0, 0.05) is 17.5 Å². The quantitative estimate of drug-likeness (QED) is 0.677. The fraction of sp³-hybridized carbons (Fsp3) is 0.471. The van der Waals surface area contributed by atoms with Crippen LogP contribution in [-0.2, 0) is 16.0 Å². The van der Waals surface area contributed by atoms with Crippen molar-refractivity contribution >= 4 is 11.7 Å². The predicted molar refractivity (Wildman–Crippen MR) is 79.9 cm³/mol. The van der Waals surface area contributed by atoms with Crippen LogP contribution in [0.25, 0.3) is 0 Å². The molecule has 0 saturated heterocycles. The summed E-state index contributed by atoms with van der Waals surface area (Å²) in [6.07, 6.45) is 6.34. The summed E-state index contributed by atoms with van der Waals surface area (Å²) in [5.74, 6) is 0.503. The van der Waals surface area contributed by atoms with Crippen molar-refractivity contribution < 1.29 is 9.53 Å². The second kappa shape index (κ2) is 5.31. The van der Waals surface area contributed by atoms with Crippen LogP contribution in [0.1, 0.15) is 37.3 Å². The molecule has 3 rings (SSSR count). The van der Waals surface area contributed by atoms with Gasteiger partial charge in [-0.05, 0) is 30.9 Å². The van der Waals surface area contributed by atoms with Crippen molar-refractivity contribution in [2.75, 3.05) is 11.9 Å². The summed E-state index contributed by atoms with van der Waals surface area (Å²) >= 11 is 0. The average Bonchev–Trinajstić information content (AvgIpc) is 2.95. The van der Waals surface area contributed by atoms with Crippen LogP contribution in [0.4, 0.5) is 5.69 Å². The number of para-hydroxylation sites is 1. The van der Waals surface area contributed by atoms with Crippen LogP contribution in [0.5, 0.6) is 0 Å². The maximum Gasteiger partial charge on any atom is 0.328 e. The molecule has 0 unspecified atom stereocenters. The Balaban J connectivity index is 2.01. The Labute approximate surface area is 120 Å². The highest BCUT2D eigenvalue weighted by atomic mass is 16.5. The molecule has 1 N–H and O–H groups in total. The van der Waals surface area contributed by atoms with Crippen molar-refractivity contribution in [2.45, 2.75) is 38.6 Å². The number of fused-ring (bicyclic) bond motifs is 3. The molecule has 2 aliphatic rings. The fourth-order valence-corrected chi connectivity index (χ4v) is 3.45. The first-order valence-corrected chi connectivity index (χ1v) is 7.47. The number of rotatable bonds is 3. The smallest absolute Gasteiger partial charge is 0.328 e. The van der Waals surface area contributed by atoms with Gasteiger partial charge in [0.05, 0.1) is 6.61 Å². The Morgan fingerprint density at radius 3 is 3.00 bits per heavy atom. The molecule has 0 radical (unpaired) electrons. The van der Waals surface area contributed by atoms with Crippen LogP contribution in [-0.4, -0.2) is 18.6 Å². The number of nitrogens with one attached hydrogen (secondary N) is 1. The zero-order valence-electron chi connectivity index (χ0n) is 12.1. The first kappa shape index (κ1) is 13.2. The van der Waals surface area contributed by atoms with Gasteiger partial charge in [-0.1, -0.05) is 37.3 Å². The molecule has 1 aliphatic heterocycles. The minimum absolute atomic E-state index is 0.122. The number of esters is 1. The molecule has 1 aromatic rings. The minimum Gasteiger partial charge on any atom is -0.464 e. The molecule has 1 aliphatic carbocycles. The fourth-order valence-electron chi connectivity index (χ4n) is 3.45. The lowest BCUT2D eigenvalue weighted by atomic mass is 9.78. The predicted octanol–water partition coefficient (Wildman–Crippen LogP) is 3.27. The van der Waals surface area contributed by atoms with Crippen LogP contribution in [0.3, 0.4) is 0 Å². The van der Waals surface area contributed by atoms with Crippen LogP contribution >= 0.6 is 0 Å². The normalized spacial score (nSPS) is 26.6. The Hall–Kier alpha value is -1.77. The van der Waals surface area contributed by atoms with Crippen LogP contribution in [0, 0.1) is 5.92 Å². The van der Waals surface area contributed by atoms with Crippen LogP contribution in [0.15, 0.2) is 30.4 Å². The molecule has 3 heteroatoms. The molecule has 0 fully saturated rings. The molecule has 0 spiro atoms. The van der Waals surface area contributed by atoms with E-state index in [1.165, 1.54) is 11.1 Å². The lowest BCUT2D eigenvalue weighted by Crippen LogP contribution is -2.43. The molecule has 20 heavy (non-hydrogen) atoms. The topological polar surface area (TPSA) is 38.3 Å². The highest BCUT2D eigenvalue weighted by Crippen LogP contribution is 2.45. The number of hydrogen-bond donors (Lipinski definition) is 1. The number of benzene rings is 1. The number of anilines is 1. The zero-order valence-corrected chi connectivity index (χ0v) is 12.1. The number of carbonyl (C=O) groups is 1. The number of allylic oxidation sites excluding steroid dienone is 2. The number of carbonyl (C=O) groups excluding carboxylic acids is 1. The number of aryl methyl sites for hydroxylation is 1. The van der Waals surface area contributed by atoms with E-state index in [9.17, 15) is 4.79 Å². The SMILES string of the molecule is CCOC(=O)[C@H]1Nc2c(CC)cccc2[C@H]2C=CC[C@@H]12. The van der Waals surface area contributed by atoms with Gasteiger partial charge in [0.25, 0.3) is 0 Å². The van der Waals surface area contributed by atoms with E-state index in [-0.39, 0.29) is 17.9 Å². The Kier molecular flexibility index (Phi) is 3.51. The molecular formula is C17H21NO2. The first-order chi connectivity index (χ1) is 9.76. The molecule has 106 valence electrons. The Morgan fingerprint density at radius 1 is 1.40 bits per heavy atom. The number of ether oxygens (including phenoxy) is 1. The summed E-state index contributed by atoms with van der Waals surface area (Å²) in [4.78, 5) is 12.2. The molecule has 0 saturated carbocycles. The lowest BCUT2D eigenvalue weighted by molar-refractivity contribution is -0.145. The monoisotopic (exact) mass is 271 g/mol. The van der Waals surface area contributed by atoms with E-state index in [0.717, 1.165) is 18.5 Å². The van der Waals surface area contributed by atoms with Gasteiger partial charge in [-0.3, -0.25) is 0 Å². The van der Waals surface area contributed by atoms with E-state index in [4.69, 9.17) is 4.74 Å². The summed E-state index contributed by atoms with van der Waals surface area (Å²) in [6.45, 7) is 4.44. The maximum atomic E-state index is 12.2. The molecule has 0 amide bonds. The highest BCUT2D eigenvalue weighted by molar-refractivity contribution is 5.83. The van der Waals surface area contributed by atoms with Crippen molar-refractivity contribution in [3.8, 4) is 0 Å². The summed E-state index contributed by atoms with van der Waals surface area (Å²) in [5.41, 5.74) is 3.74. The second-order valence-electron chi connectivity index (χ2n) is 5.46. The van der Waals surface area contributed by atoms with Crippen molar-refractivity contribution in [1.29, 1.82) is 0 Å². The van der Waals surface area contributed by atoms with Crippen molar-refractivity contribution in [3.63, 3.8) is 0 Å². The van der Waals surface area contributed by atoms with Gasteiger partial charge >= 0.3 is 5.97 Å². The van der Waals surface area contributed by atoms with E-state index < -0.39 is 0 Å². The van der Waals surface area contributed by atoms with Crippen LogP contribution < -0.4 is 5.32 Å². The Morgan fingerprint density at radius 2 is 2.25 bits per heavy atom. The van der Waals surface area contributed by atoms with Gasteiger partial charge in [0.2, 0.25) is 0 Å². The molecular weight excluding hydrogens is 250 g/mol. The third-order valence-electron chi connectivity index (χ3n) is 4.40. The third-order valence-corrected chi connectivity index (χ3v) is 4.40. The molecule has 3 atom stereocenters. The summed E-state index contributed by atoms with van der Waals surface area (Å²) in [5, 5.41) is 3.46. The minimum atomic E-state index is -0.227. The molecule has 3 nitrogen and oxygen atoms in total. The van der Waals surface area contributed by atoms with Crippen LogP contribution in [0.2, 0.25) is 0 Å². The average molecular weight is 271 g/mol. The summed E-state index contributed by atoms with van der Waals surface area (Å²) in [7, 11) is 0. The molecule has 0 aromatic heterocycles. The van der Waals surface area contributed by atoms with Gasteiger partial charge in [-0.2, -0.15) is 0 Å². The Bertz CT molecular complexity index is 550. The van der Waals surface area contributed by atoms with Crippen molar-refractivity contribution in [2.24, 2.45) is 5.92 Å². The van der Waals surface area contributed by atoms with E-state index >= 15 is 0 Å². The lowest BCUT2D eigenvalue weighted by Gasteiger charge is -2.36. The molecule has 0 bridgehead atoms. The standard InChI is InChI=1S/C17H21NO2/c1-3-11-7-5-9-13-12-8-6-10-14(12)16(18-15(11)13)17(19)20-4-2/h5-9,12,14,16,18H,3-4,10H2,1-2H3/t12-,14-,16+/m1/s1. The van der Waals surface area contributed by atoms with Crippen molar-refractivity contribution in [3.05, 3.63) is 41.5 Å². The van der Waals surface area contributed by atoms with Gasteiger partial charge in [-0.25, -0.2) is 4.79 Å². The van der Waals surface area contributed by atoms with Gasteiger partial charge in [0.15, 0.2) is 0 Å². The van der Waals surface area contributed by atoms with E-state index in [0.29, 0.717) is 12.5 Å². The summed E-state index contributed by atoms with van der Waals surface area (Å²) in [6, 6.07) is 6.20. The van der Waals surface area contributed by atoms with Gasteiger partial charge in [-0.15, -0.1) is 0 Å². The van der Waals surface area contributed by atoms with Crippen molar-refractivity contribution in [1.82, 2.24) is 0 Å². The van der Waals surface area contributed by atoms with E-state index in [2.05, 4.69) is 42.6 Å². The largest absolute Gasteiger partial charge is 0.464 e. The zero-order chi connectivity index (χ0) is 14.1. The van der Waals surface area contributed by atoms with Gasteiger partial charge < -0.3 is 10.1 Å². The molecule has 1 heterocycles. The third kappa shape index (κ3) is 2.01. The molecule has 1 aromatic carbocycles. The van der Waals surface area contributed by atoms with Gasteiger partial charge in [0.1, 0.15) is 6.04 Å². The maximum absolute atomic E-state index is 12.2. The van der Waals surface area contributed by atoms with E-state index in [1.807, 2.05) is 6.92 Å². The second-order valence-corrected chi connectivity index (χ2v) is 5.46. The number of hydrogen-bond acceptors (Lipinski definition) is 3.